The van der Waals surface area contributed by atoms with Crippen molar-refractivity contribution in [3.05, 3.63) is 52.5 Å². The number of nitrogens with one attached hydrogen (secondary N) is 2. The number of methoxy groups -OCH3 is 1. The molecule has 0 radical (unpaired) electrons. The molecular formula is C21H23ClN2O4. The van der Waals surface area contributed by atoms with Gasteiger partial charge in [0.05, 0.1) is 18.2 Å². The van der Waals surface area contributed by atoms with Crippen LogP contribution in [0.5, 0.6) is 17.2 Å². The summed E-state index contributed by atoms with van der Waals surface area (Å²) >= 11 is 6.26. The number of urea groups is 1. The number of fused-ring (bicyclic) bond motifs is 1. The molecule has 7 heteroatoms. The van der Waals surface area contributed by atoms with Gasteiger partial charge in [0.1, 0.15) is 19.0 Å². The van der Waals surface area contributed by atoms with Gasteiger partial charge >= 0.3 is 6.03 Å². The van der Waals surface area contributed by atoms with Gasteiger partial charge in [-0.3, -0.25) is 0 Å². The Kier molecular flexibility index (Phi) is 5.48. The zero-order valence-corrected chi connectivity index (χ0v) is 16.4. The van der Waals surface area contributed by atoms with Gasteiger partial charge in [-0.15, -0.1) is 0 Å². The first kappa shape index (κ1) is 18.7. The predicted molar refractivity (Wildman–Crippen MR) is 106 cm³/mol. The van der Waals surface area contributed by atoms with Gasteiger partial charge in [0.25, 0.3) is 0 Å². The molecule has 1 saturated carbocycles. The molecule has 1 heterocycles. The van der Waals surface area contributed by atoms with Crippen molar-refractivity contribution in [1.82, 2.24) is 10.6 Å². The molecule has 0 spiro atoms. The molecule has 2 aliphatic rings. The third kappa shape index (κ3) is 4.28. The van der Waals surface area contributed by atoms with Crippen LogP contribution in [0.2, 0.25) is 5.02 Å². The van der Waals surface area contributed by atoms with Crippen LogP contribution >= 0.6 is 11.6 Å². The van der Waals surface area contributed by atoms with Crippen molar-refractivity contribution < 1.29 is 19.0 Å². The van der Waals surface area contributed by atoms with Gasteiger partial charge in [-0.25, -0.2) is 4.79 Å². The van der Waals surface area contributed by atoms with Gasteiger partial charge in [0.2, 0.25) is 0 Å². The van der Waals surface area contributed by atoms with Crippen LogP contribution in [0.3, 0.4) is 0 Å². The van der Waals surface area contributed by atoms with Gasteiger partial charge in [0, 0.05) is 6.54 Å². The van der Waals surface area contributed by atoms with Crippen LogP contribution < -0.4 is 24.8 Å². The highest BCUT2D eigenvalue weighted by molar-refractivity contribution is 6.32. The Morgan fingerprint density at radius 2 is 1.96 bits per heavy atom. The summed E-state index contributed by atoms with van der Waals surface area (Å²) in [5, 5.41) is 6.50. The number of hydrogen-bond acceptors (Lipinski definition) is 4. The summed E-state index contributed by atoms with van der Waals surface area (Å²) in [6, 6.07) is 11.3. The number of carbonyl (C=O) groups is 1. The molecule has 1 unspecified atom stereocenters. The zero-order valence-electron chi connectivity index (χ0n) is 15.7. The fourth-order valence-electron chi connectivity index (χ4n) is 3.36. The highest BCUT2D eigenvalue weighted by Gasteiger charge is 2.33. The summed E-state index contributed by atoms with van der Waals surface area (Å²) in [7, 11) is 1.64. The average Bonchev–Trinajstić information content (AvgIpc) is 3.56. The molecular weight excluding hydrogens is 380 g/mol. The molecule has 2 aromatic rings. The van der Waals surface area contributed by atoms with Gasteiger partial charge < -0.3 is 24.8 Å². The van der Waals surface area contributed by atoms with E-state index in [1.165, 1.54) is 0 Å². The third-order valence-corrected chi connectivity index (χ3v) is 5.25. The Labute approximate surface area is 169 Å². The first-order valence-electron chi connectivity index (χ1n) is 9.40. The summed E-state index contributed by atoms with van der Waals surface area (Å²) in [6.45, 7) is 1.33. The van der Waals surface area contributed by atoms with E-state index in [1.54, 1.807) is 13.2 Å². The van der Waals surface area contributed by atoms with Crippen LogP contribution in [0, 0.1) is 5.92 Å². The highest BCUT2D eigenvalue weighted by atomic mass is 35.5. The number of halogens is 1. The quantitative estimate of drug-likeness (QED) is 0.764. The Morgan fingerprint density at radius 3 is 2.68 bits per heavy atom. The van der Waals surface area contributed by atoms with Crippen molar-refractivity contribution in [3.8, 4) is 17.2 Å². The Balaban J connectivity index is 1.38. The standard InChI is InChI=1S/C21H23ClN2O4/c1-26-16-6-4-15(5-7-16)19(14-2-3-14)24-21(25)23-12-13-10-17(22)20-18(11-13)27-8-9-28-20/h4-7,10-11,14,19H,2-3,8-9,12H2,1H3,(H2,23,24,25). The largest absolute Gasteiger partial charge is 0.497 e. The van der Waals surface area contributed by atoms with E-state index < -0.39 is 0 Å². The van der Waals surface area contributed by atoms with Crippen LogP contribution in [0.25, 0.3) is 0 Å². The van der Waals surface area contributed by atoms with Crippen molar-refractivity contribution in [1.29, 1.82) is 0 Å². The second-order valence-corrected chi connectivity index (χ2v) is 7.42. The summed E-state index contributed by atoms with van der Waals surface area (Å²) < 4.78 is 16.3. The monoisotopic (exact) mass is 402 g/mol. The number of rotatable bonds is 6. The van der Waals surface area contributed by atoms with Gasteiger partial charge in [-0.05, 0) is 54.2 Å². The van der Waals surface area contributed by atoms with E-state index in [0.717, 1.165) is 29.7 Å². The van der Waals surface area contributed by atoms with E-state index in [0.29, 0.717) is 42.2 Å². The average molecular weight is 403 g/mol. The Bertz CT molecular complexity index is 852. The molecule has 1 atom stereocenters. The van der Waals surface area contributed by atoms with Crippen molar-refractivity contribution >= 4 is 17.6 Å². The Hall–Kier alpha value is -2.60. The molecule has 4 rings (SSSR count). The molecule has 2 N–H and O–H groups in total. The third-order valence-electron chi connectivity index (χ3n) is 4.96. The second-order valence-electron chi connectivity index (χ2n) is 7.02. The smallest absolute Gasteiger partial charge is 0.315 e. The van der Waals surface area contributed by atoms with E-state index in [9.17, 15) is 4.79 Å². The molecule has 148 valence electrons. The molecule has 0 aromatic heterocycles. The van der Waals surface area contributed by atoms with Crippen molar-refractivity contribution in [2.24, 2.45) is 5.92 Å². The molecule has 1 aliphatic carbocycles. The highest BCUT2D eigenvalue weighted by Crippen LogP contribution is 2.41. The van der Waals surface area contributed by atoms with Crippen LogP contribution in [0.15, 0.2) is 36.4 Å². The van der Waals surface area contributed by atoms with Gasteiger partial charge in [0.15, 0.2) is 11.5 Å². The Morgan fingerprint density at radius 1 is 1.21 bits per heavy atom. The number of amides is 2. The van der Waals surface area contributed by atoms with E-state index >= 15 is 0 Å². The minimum absolute atomic E-state index is 0.00485. The van der Waals surface area contributed by atoms with Crippen LogP contribution in [0.1, 0.15) is 30.0 Å². The number of ether oxygens (including phenoxy) is 3. The molecule has 28 heavy (non-hydrogen) atoms. The predicted octanol–water partition coefficient (Wildman–Crippen LogP) is 4.07. The summed E-state index contributed by atoms with van der Waals surface area (Å²) in [4.78, 5) is 12.5. The summed E-state index contributed by atoms with van der Waals surface area (Å²) in [5.41, 5.74) is 1.94. The van der Waals surface area contributed by atoms with E-state index in [1.807, 2.05) is 30.3 Å². The lowest BCUT2D eigenvalue weighted by Crippen LogP contribution is -2.38. The van der Waals surface area contributed by atoms with E-state index in [2.05, 4.69) is 10.6 Å². The van der Waals surface area contributed by atoms with Gasteiger partial charge in [-0.2, -0.15) is 0 Å². The normalized spacial score (nSPS) is 16.2. The number of hydrogen-bond donors (Lipinski definition) is 2. The lowest BCUT2D eigenvalue weighted by Gasteiger charge is -2.21. The van der Waals surface area contributed by atoms with Crippen molar-refractivity contribution in [3.63, 3.8) is 0 Å². The number of carbonyl (C=O) groups excluding carboxylic acids is 1. The summed E-state index contributed by atoms with van der Waals surface area (Å²) in [5.74, 6) is 2.46. The van der Waals surface area contributed by atoms with E-state index in [4.69, 9.17) is 25.8 Å². The maximum Gasteiger partial charge on any atom is 0.315 e. The second kappa shape index (κ2) is 8.19. The minimum Gasteiger partial charge on any atom is -0.497 e. The molecule has 6 nitrogen and oxygen atoms in total. The SMILES string of the molecule is COc1ccc(C(NC(=O)NCc2cc(Cl)c3c(c2)OCCO3)C2CC2)cc1. The maximum atomic E-state index is 12.5. The summed E-state index contributed by atoms with van der Waals surface area (Å²) in [6.07, 6.45) is 2.24. The lowest BCUT2D eigenvalue weighted by atomic mass is 10.0. The maximum absolute atomic E-state index is 12.5. The number of benzene rings is 2. The molecule has 0 saturated heterocycles. The van der Waals surface area contributed by atoms with Crippen molar-refractivity contribution in [2.45, 2.75) is 25.4 Å². The first-order valence-corrected chi connectivity index (χ1v) is 9.78. The first-order chi connectivity index (χ1) is 13.6. The molecule has 0 bridgehead atoms. The lowest BCUT2D eigenvalue weighted by molar-refractivity contribution is 0.171. The minimum atomic E-state index is -0.210. The topological polar surface area (TPSA) is 68.8 Å². The van der Waals surface area contributed by atoms with Crippen molar-refractivity contribution in [2.75, 3.05) is 20.3 Å². The van der Waals surface area contributed by atoms with Crippen LogP contribution in [-0.4, -0.2) is 26.4 Å². The molecule has 2 amide bonds. The molecule has 1 fully saturated rings. The fourth-order valence-corrected chi connectivity index (χ4v) is 3.64. The zero-order chi connectivity index (χ0) is 19.5. The molecule has 2 aromatic carbocycles. The fraction of sp³-hybridized carbons (Fsp3) is 0.381. The van der Waals surface area contributed by atoms with Crippen LogP contribution in [-0.2, 0) is 6.54 Å². The van der Waals surface area contributed by atoms with E-state index in [-0.39, 0.29) is 12.1 Å². The van der Waals surface area contributed by atoms with Crippen LogP contribution in [0.4, 0.5) is 4.79 Å². The van der Waals surface area contributed by atoms with Gasteiger partial charge in [-0.1, -0.05) is 23.7 Å². The molecule has 1 aliphatic heterocycles.